The Morgan fingerprint density at radius 1 is 1.10 bits per heavy atom. The van der Waals surface area contributed by atoms with E-state index in [9.17, 15) is 9.59 Å². The second-order valence-electron chi connectivity index (χ2n) is 7.41. The molecular weight excluding hydrogens is 437 g/mol. The first kappa shape index (κ1) is 21.4. The summed E-state index contributed by atoms with van der Waals surface area (Å²) >= 11 is 12.0. The fourth-order valence-corrected chi connectivity index (χ4v) is 3.98. The molecule has 0 radical (unpaired) electrons. The first-order valence-electron chi connectivity index (χ1n) is 10.0. The van der Waals surface area contributed by atoms with Crippen LogP contribution in [0.3, 0.4) is 0 Å². The zero-order valence-electron chi connectivity index (χ0n) is 16.9. The first-order chi connectivity index (χ1) is 14.9. The predicted octanol–water partition coefficient (Wildman–Crippen LogP) is 5.33. The summed E-state index contributed by atoms with van der Waals surface area (Å²) < 4.78 is 5.50. The maximum atomic E-state index is 13.0. The lowest BCUT2D eigenvalue weighted by atomic mass is 10.1. The van der Waals surface area contributed by atoms with Gasteiger partial charge in [0.2, 0.25) is 0 Å². The third kappa shape index (κ3) is 4.75. The van der Waals surface area contributed by atoms with Crippen molar-refractivity contribution >= 4 is 57.5 Å². The van der Waals surface area contributed by atoms with Crippen LogP contribution in [-0.2, 0) is 9.53 Å². The molecule has 0 bridgehead atoms. The molecule has 1 unspecified atom stereocenters. The van der Waals surface area contributed by atoms with Gasteiger partial charge in [0.15, 0.2) is 6.10 Å². The Morgan fingerprint density at radius 3 is 2.58 bits per heavy atom. The number of hydrogen-bond acceptors (Lipinski definition) is 5. The van der Waals surface area contributed by atoms with Gasteiger partial charge in [0.25, 0.3) is 5.91 Å². The Balaban J connectivity index is 1.55. The van der Waals surface area contributed by atoms with E-state index in [0.29, 0.717) is 27.1 Å². The summed E-state index contributed by atoms with van der Waals surface area (Å²) in [5, 5.41) is 4.26. The van der Waals surface area contributed by atoms with Gasteiger partial charge in [0, 0.05) is 23.5 Å². The molecule has 2 heterocycles. The van der Waals surface area contributed by atoms with Crippen LogP contribution in [0.15, 0.2) is 48.5 Å². The molecule has 1 N–H and O–H groups in total. The summed E-state index contributed by atoms with van der Waals surface area (Å²) in [6, 6.07) is 14.1. The Morgan fingerprint density at radius 2 is 1.84 bits per heavy atom. The summed E-state index contributed by atoms with van der Waals surface area (Å²) in [7, 11) is 0. The SMILES string of the molecule is CC(OC(=O)c1cc2ccccc2nc1N1CCCC1)C(=O)Nc1ccc(Cl)cc1Cl. The van der Waals surface area contributed by atoms with Gasteiger partial charge in [-0.25, -0.2) is 9.78 Å². The van der Waals surface area contributed by atoms with Gasteiger partial charge in [-0.2, -0.15) is 0 Å². The van der Waals surface area contributed by atoms with Crippen molar-refractivity contribution in [3.63, 3.8) is 0 Å². The fraction of sp³-hybridized carbons (Fsp3) is 0.261. The third-order valence-corrected chi connectivity index (χ3v) is 5.72. The molecule has 4 rings (SSSR count). The lowest BCUT2D eigenvalue weighted by Gasteiger charge is -2.21. The van der Waals surface area contributed by atoms with Crippen LogP contribution in [0.2, 0.25) is 10.0 Å². The molecule has 1 aliphatic heterocycles. The van der Waals surface area contributed by atoms with Gasteiger partial charge in [-0.1, -0.05) is 41.4 Å². The minimum Gasteiger partial charge on any atom is -0.449 e. The van der Waals surface area contributed by atoms with E-state index in [4.69, 9.17) is 32.9 Å². The molecule has 0 spiro atoms. The molecule has 1 amide bonds. The van der Waals surface area contributed by atoms with Gasteiger partial charge in [0.1, 0.15) is 11.4 Å². The Kier molecular flexibility index (Phi) is 6.30. The van der Waals surface area contributed by atoms with Crippen LogP contribution in [0, 0.1) is 0 Å². The number of amides is 1. The van der Waals surface area contributed by atoms with Crippen molar-refractivity contribution in [1.29, 1.82) is 0 Å². The van der Waals surface area contributed by atoms with Crippen molar-refractivity contribution < 1.29 is 14.3 Å². The molecule has 1 saturated heterocycles. The topological polar surface area (TPSA) is 71.5 Å². The highest BCUT2D eigenvalue weighted by atomic mass is 35.5. The minimum atomic E-state index is -1.03. The number of benzene rings is 2. The van der Waals surface area contributed by atoms with Crippen LogP contribution in [0.1, 0.15) is 30.1 Å². The van der Waals surface area contributed by atoms with Crippen molar-refractivity contribution in [2.45, 2.75) is 25.9 Å². The molecule has 1 aromatic heterocycles. The lowest BCUT2D eigenvalue weighted by Crippen LogP contribution is -2.31. The number of hydrogen-bond donors (Lipinski definition) is 1. The molecule has 8 heteroatoms. The van der Waals surface area contributed by atoms with Crippen molar-refractivity contribution in [1.82, 2.24) is 4.98 Å². The maximum absolute atomic E-state index is 13.0. The fourth-order valence-electron chi connectivity index (χ4n) is 3.53. The number of carbonyl (C=O) groups excluding carboxylic acids is 2. The van der Waals surface area contributed by atoms with Gasteiger partial charge >= 0.3 is 5.97 Å². The van der Waals surface area contributed by atoms with Crippen LogP contribution < -0.4 is 10.2 Å². The second kappa shape index (κ2) is 9.12. The number of esters is 1. The average molecular weight is 458 g/mol. The Labute approximate surface area is 190 Å². The number of carbonyl (C=O) groups is 2. The predicted molar refractivity (Wildman–Crippen MR) is 123 cm³/mol. The molecule has 31 heavy (non-hydrogen) atoms. The van der Waals surface area contributed by atoms with E-state index < -0.39 is 18.0 Å². The van der Waals surface area contributed by atoms with Crippen LogP contribution in [0.25, 0.3) is 10.9 Å². The number of aromatic nitrogens is 1. The zero-order valence-corrected chi connectivity index (χ0v) is 18.4. The van der Waals surface area contributed by atoms with Crippen LogP contribution in [-0.4, -0.2) is 36.1 Å². The zero-order chi connectivity index (χ0) is 22.0. The molecule has 160 valence electrons. The number of rotatable bonds is 5. The molecule has 2 aromatic carbocycles. The number of anilines is 2. The van der Waals surface area contributed by atoms with E-state index in [1.165, 1.54) is 13.0 Å². The smallest absolute Gasteiger partial charge is 0.342 e. The molecule has 1 aliphatic rings. The highest BCUT2D eigenvalue weighted by Crippen LogP contribution is 2.28. The Hall–Kier alpha value is -2.83. The largest absolute Gasteiger partial charge is 0.449 e. The van der Waals surface area contributed by atoms with E-state index in [-0.39, 0.29) is 0 Å². The van der Waals surface area contributed by atoms with Gasteiger partial charge in [-0.05, 0) is 50.1 Å². The normalized spacial score (nSPS) is 14.5. The summed E-state index contributed by atoms with van der Waals surface area (Å²) in [4.78, 5) is 32.4. The van der Waals surface area contributed by atoms with E-state index in [2.05, 4.69) is 10.2 Å². The number of fused-ring (bicyclic) bond motifs is 1. The Bertz CT molecular complexity index is 1150. The van der Waals surface area contributed by atoms with Crippen LogP contribution in [0.4, 0.5) is 11.5 Å². The van der Waals surface area contributed by atoms with Crippen molar-refractivity contribution in [2.24, 2.45) is 0 Å². The number of para-hydroxylation sites is 1. The molecule has 0 aliphatic carbocycles. The van der Waals surface area contributed by atoms with Crippen molar-refractivity contribution in [3.05, 3.63) is 64.1 Å². The third-order valence-electron chi connectivity index (χ3n) is 5.17. The summed E-state index contributed by atoms with van der Waals surface area (Å²) in [5.41, 5.74) is 1.55. The summed E-state index contributed by atoms with van der Waals surface area (Å²) in [6.45, 7) is 3.18. The highest BCUT2D eigenvalue weighted by molar-refractivity contribution is 6.36. The molecular formula is C23H21Cl2N3O3. The summed E-state index contributed by atoms with van der Waals surface area (Å²) in [6.07, 6.45) is 1.06. The van der Waals surface area contributed by atoms with Crippen LogP contribution >= 0.6 is 23.2 Å². The monoisotopic (exact) mass is 457 g/mol. The average Bonchev–Trinajstić information content (AvgIpc) is 3.29. The van der Waals surface area contributed by atoms with Gasteiger partial charge in [0.05, 0.1) is 16.2 Å². The number of halogens is 2. The molecule has 1 fully saturated rings. The summed E-state index contributed by atoms with van der Waals surface area (Å²) in [5.74, 6) is -0.492. The quantitative estimate of drug-likeness (QED) is 0.524. The first-order valence-corrected chi connectivity index (χ1v) is 10.8. The van der Waals surface area contributed by atoms with E-state index in [1.807, 2.05) is 24.3 Å². The van der Waals surface area contributed by atoms with E-state index in [1.54, 1.807) is 18.2 Å². The van der Waals surface area contributed by atoms with Gasteiger partial charge in [-0.3, -0.25) is 4.79 Å². The lowest BCUT2D eigenvalue weighted by molar-refractivity contribution is -0.123. The number of nitrogens with zero attached hydrogens (tertiary/aromatic N) is 2. The van der Waals surface area contributed by atoms with Crippen LogP contribution in [0.5, 0.6) is 0 Å². The number of ether oxygens (including phenoxy) is 1. The van der Waals surface area contributed by atoms with E-state index >= 15 is 0 Å². The molecule has 0 saturated carbocycles. The number of nitrogens with one attached hydrogen (secondary N) is 1. The number of pyridine rings is 1. The molecule has 1 atom stereocenters. The maximum Gasteiger partial charge on any atom is 0.342 e. The molecule has 6 nitrogen and oxygen atoms in total. The second-order valence-corrected chi connectivity index (χ2v) is 8.25. The standard InChI is InChI=1S/C23H21Cl2N3O3/c1-14(22(29)27-20-9-8-16(24)13-18(20)25)31-23(30)17-12-15-6-2-3-7-19(15)26-21(17)28-10-4-5-11-28/h2-3,6-9,12-14H,4-5,10-11H2,1H3,(H,27,29). The minimum absolute atomic E-state index is 0.300. The van der Waals surface area contributed by atoms with Crippen molar-refractivity contribution in [2.75, 3.05) is 23.3 Å². The van der Waals surface area contributed by atoms with E-state index in [0.717, 1.165) is 36.8 Å². The molecule has 3 aromatic rings. The van der Waals surface area contributed by atoms with Gasteiger partial charge < -0.3 is 15.0 Å². The van der Waals surface area contributed by atoms with Crippen molar-refractivity contribution in [3.8, 4) is 0 Å². The highest BCUT2D eigenvalue weighted by Gasteiger charge is 2.26. The van der Waals surface area contributed by atoms with Gasteiger partial charge in [-0.15, -0.1) is 0 Å².